The summed E-state index contributed by atoms with van der Waals surface area (Å²) in [6, 6.07) is 8.25. The summed E-state index contributed by atoms with van der Waals surface area (Å²) in [6.45, 7) is 3.82. The second-order valence-electron chi connectivity index (χ2n) is 7.61. The first-order valence-electron chi connectivity index (χ1n) is 9.88. The molecule has 148 valence electrons. The Morgan fingerprint density at radius 2 is 1.75 bits per heavy atom. The van der Waals surface area contributed by atoms with Crippen LogP contribution in [0.3, 0.4) is 0 Å². The van der Waals surface area contributed by atoms with Gasteiger partial charge in [-0.2, -0.15) is 0 Å². The van der Waals surface area contributed by atoms with E-state index >= 15 is 0 Å². The monoisotopic (exact) mass is 381 g/mol. The number of aryl methyl sites for hydroxylation is 2. The maximum atomic E-state index is 11.7. The zero-order valence-corrected chi connectivity index (χ0v) is 16.4. The Morgan fingerprint density at radius 1 is 1.11 bits per heavy atom. The quantitative estimate of drug-likeness (QED) is 0.790. The largest absolute Gasteiger partial charge is 0.481 e. The number of carboxylic acid groups (broad SMARTS) is 1. The van der Waals surface area contributed by atoms with Gasteiger partial charge < -0.3 is 10.8 Å². The summed E-state index contributed by atoms with van der Waals surface area (Å²) in [5.74, 6) is -0.487. The van der Waals surface area contributed by atoms with Crippen molar-refractivity contribution >= 4 is 11.9 Å². The Morgan fingerprint density at radius 3 is 2.29 bits per heavy atom. The molecule has 0 saturated heterocycles. The van der Waals surface area contributed by atoms with Gasteiger partial charge in [0.15, 0.2) is 0 Å². The third-order valence-electron chi connectivity index (χ3n) is 5.68. The molecule has 0 spiro atoms. The smallest absolute Gasteiger partial charge is 0.303 e. The van der Waals surface area contributed by atoms with Gasteiger partial charge in [0.2, 0.25) is 0 Å². The van der Waals surface area contributed by atoms with E-state index in [0.29, 0.717) is 29.6 Å². The van der Waals surface area contributed by atoms with Gasteiger partial charge in [0.05, 0.1) is 17.1 Å². The zero-order chi connectivity index (χ0) is 20.3. The van der Waals surface area contributed by atoms with Crippen LogP contribution in [0.15, 0.2) is 24.3 Å². The second kappa shape index (κ2) is 8.50. The average molecular weight is 381 g/mol. The molecule has 0 unspecified atom stereocenters. The molecule has 3 N–H and O–H groups in total. The van der Waals surface area contributed by atoms with E-state index in [1.165, 1.54) is 5.56 Å². The van der Waals surface area contributed by atoms with Crippen molar-refractivity contribution < 1.29 is 14.7 Å². The summed E-state index contributed by atoms with van der Waals surface area (Å²) in [7, 11) is 0. The summed E-state index contributed by atoms with van der Waals surface area (Å²) in [4.78, 5) is 31.6. The van der Waals surface area contributed by atoms with Crippen molar-refractivity contribution in [1.29, 1.82) is 0 Å². The van der Waals surface area contributed by atoms with Crippen LogP contribution < -0.4 is 5.73 Å². The molecule has 1 heterocycles. The van der Waals surface area contributed by atoms with E-state index in [4.69, 9.17) is 10.8 Å². The number of carbonyl (C=O) groups is 2. The van der Waals surface area contributed by atoms with Gasteiger partial charge in [0.25, 0.3) is 5.91 Å². The number of aromatic nitrogens is 2. The van der Waals surface area contributed by atoms with Gasteiger partial charge in [-0.15, -0.1) is 0 Å². The molecule has 1 aromatic heterocycles. The molecule has 6 nitrogen and oxygen atoms in total. The lowest BCUT2D eigenvalue weighted by Gasteiger charge is -2.28. The molecule has 3 rings (SSSR count). The number of primary amides is 1. The topological polar surface area (TPSA) is 106 Å². The SMILES string of the molecule is CCc1nc(C)c(-c2ccc([C@H]3CC[C@@H](CC(=O)O)CC3)cc2)nc1C(N)=O. The van der Waals surface area contributed by atoms with Crippen LogP contribution in [-0.4, -0.2) is 27.0 Å². The fourth-order valence-electron chi connectivity index (χ4n) is 4.14. The van der Waals surface area contributed by atoms with Crippen LogP contribution in [-0.2, 0) is 11.2 Å². The molecule has 28 heavy (non-hydrogen) atoms. The number of benzene rings is 1. The minimum absolute atomic E-state index is 0.240. The molecule has 1 fully saturated rings. The standard InChI is InChI=1S/C22H27N3O3/c1-3-18-21(22(23)28)25-20(13(2)24-18)17-10-8-16(9-11-17)15-6-4-14(5-7-15)12-19(26)27/h8-11,14-15H,3-7,12H2,1-2H3,(H2,23,28)(H,26,27)/t14-,15+. The van der Waals surface area contributed by atoms with Gasteiger partial charge >= 0.3 is 5.97 Å². The maximum Gasteiger partial charge on any atom is 0.303 e. The molecular weight excluding hydrogens is 354 g/mol. The number of amides is 1. The van der Waals surface area contributed by atoms with Crippen LogP contribution >= 0.6 is 0 Å². The Kier molecular flexibility index (Phi) is 6.07. The molecule has 0 bridgehead atoms. The predicted molar refractivity (Wildman–Crippen MR) is 107 cm³/mol. The third kappa shape index (κ3) is 4.38. The Balaban J connectivity index is 1.77. The van der Waals surface area contributed by atoms with Crippen LogP contribution in [0.25, 0.3) is 11.3 Å². The summed E-state index contributed by atoms with van der Waals surface area (Å²) in [5.41, 5.74) is 9.99. The zero-order valence-electron chi connectivity index (χ0n) is 16.4. The summed E-state index contributed by atoms with van der Waals surface area (Å²) >= 11 is 0. The van der Waals surface area contributed by atoms with Crippen molar-refractivity contribution in [2.45, 2.75) is 58.3 Å². The van der Waals surface area contributed by atoms with Crippen molar-refractivity contribution in [3.8, 4) is 11.3 Å². The van der Waals surface area contributed by atoms with Crippen molar-refractivity contribution in [2.24, 2.45) is 11.7 Å². The van der Waals surface area contributed by atoms with E-state index in [1.54, 1.807) is 0 Å². The number of carboxylic acids is 1. The number of rotatable bonds is 6. The maximum absolute atomic E-state index is 11.7. The number of nitrogens with two attached hydrogens (primary N) is 1. The minimum Gasteiger partial charge on any atom is -0.481 e. The predicted octanol–water partition coefficient (Wildman–Crippen LogP) is 3.86. The average Bonchev–Trinajstić information content (AvgIpc) is 2.68. The first kappa shape index (κ1) is 20.0. The van der Waals surface area contributed by atoms with E-state index in [2.05, 4.69) is 22.1 Å². The summed E-state index contributed by atoms with van der Waals surface area (Å²) < 4.78 is 0. The molecule has 0 radical (unpaired) electrons. The number of carbonyl (C=O) groups excluding carboxylic acids is 1. The molecule has 1 aliphatic rings. The number of hydrogen-bond donors (Lipinski definition) is 2. The van der Waals surface area contributed by atoms with E-state index < -0.39 is 11.9 Å². The lowest BCUT2D eigenvalue weighted by Crippen LogP contribution is -2.18. The molecule has 0 atom stereocenters. The summed E-state index contributed by atoms with van der Waals surface area (Å²) in [6.07, 6.45) is 4.85. The lowest BCUT2D eigenvalue weighted by molar-refractivity contribution is -0.138. The normalized spacial score (nSPS) is 19.4. The van der Waals surface area contributed by atoms with Gasteiger partial charge in [-0.3, -0.25) is 14.6 Å². The molecule has 0 aliphatic heterocycles. The minimum atomic E-state index is -0.700. The van der Waals surface area contributed by atoms with Crippen LogP contribution in [0.1, 0.15) is 72.4 Å². The Bertz CT molecular complexity index is 869. The highest BCUT2D eigenvalue weighted by molar-refractivity contribution is 5.92. The fourth-order valence-corrected chi connectivity index (χ4v) is 4.14. The summed E-state index contributed by atoms with van der Waals surface area (Å²) in [5, 5.41) is 8.96. The van der Waals surface area contributed by atoms with E-state index in [1.807, 2.05) is 26.0 Å². The van der Waals surface area contributed by atoms with Crippen LogP contribution in [0.5, 0.6) is 0 Å². The molecule has 2 aromatic rings. The van der Waals surface area contributed by atoms with E-state index in [0.717, 1.165) is 36.9 Å². The fraction of sp³-hybridized carbons (Fsp3) is 0.455. The second-order valence-corrected chi connectivity index (χ2v) is 7.61. The first-order chi connectivity index (χ1) is 13.4. The molecule has 6 heteroatoms. The Labute approximate surface area is 165 Å². The Hall–Kier alpha value is -2.76. The molecular formula is C22H27N3O3. The van der Waals surface area contributed by atoms with Crippen LogP contribution in [0.4, 0.5) is 0 Å². The highest BCUT2D eigenvalue weighted by Crippen LogP contribution is 2.37. The van der Waals surface area contributed by atoms with Crippen molar-refractivity contribution in [3.05, 3.63) is 46.9 Å². The molecule has 1 amide bonds. The number of hydrogen-bond acceptors (Lipinski definition) is 4. The van der Waals surface area contributed by atoms with Crippen molar-refractivity contribution in [3.63, 3.8) is 0 Å². The van der Waals surface area contributed by atoms with Gasteiger partial charge in [-0.1, -0.05) is 31.2 Å². The van der Waals surface area contributed by atoms with Crippen LogP contribution in [0, 0.1) is 12.8 Å². The third-order valence-corrected chi connectivity index (χ3v) is 5.68. The van der Waals surface area contributed by atoms with E-state index in [9.17, 15) is 9.59 Å². The molecule has 1 aromatic carbocycles. The first-order valence-corrected chi connectivity index (χ1v) is 9.88. The van der Waals surface area contributed by atoms with Gasteiger partial charge in [-0.05, 0) is 56.4 Å². The van der Waals surface area contributed by atoms with Gasteiger partial charge in [0.1, 0.15) is 5.69 Å². The lowest BCUT2D eigenvalue weighted by atomic mass is 9.77. The number of nitrogens with zero attached hydrogens (tertiary/aromatic N) is 2. The van der Waals surface area contributed by atoms with Gasteiger partial charge in [-0.25, -0.2) is 4.98 Å². The molecule has 1 aliphatic carbocycles. The van der Waals surface area contributed by atoms with Crippen molar-refractivity contribution in [2.75, 3.05) is 0 Å². The van der Waals surface area contributed by atoms with E-state index in [-0.39, 0.29) is 12.1 Å². The highest BCUT2D eigenvalue weighted by Gasteiger charge is 2.24. The van der Waals surface area contributed by atoms with Gasteiger partial charge in [0, 0.05) is 12.0 Å². The number of aliphatic carboxylic acids is 1. The van der Waals surface area contributed by atoms with Crippen LogP contribution in [0.2, 0.25) is 0 Å². The van der Waals surface area contributed by atoms with Crippen molar-refractivity contribution in [1.82, 2.24) is 9.97 Å². The highest BCUT2D eigenvalue weighted by atomic mass is 16.4. The molecule has 1 saturated carbocycles.